The van der Waals surface area contributed by atoms with E-state index in [-0.39, 0.29) is 24.2 Å². The van der Waals surface area contributed by atoms with E-state index < -0.39 is 6.04 Å². The summed E-state index contributed by atoms with van der Waals surface area (Å²) < 4.78 is 13.2. The van der Waals surface area contributed by atoms with E-state index in [0.29, 0.717) is 18.7 Å². The Kier molecular flexibility index (Phi) is 9.01. The first-order chi connectivity index (χ1) is 13.5. The first kappa shape index (κ1) is 22.0. The molecule has 150 valence electrons. The minimum atomic E-state index is -0.586. The summed E-state index contributed by atoms with van der Waals surface area (Å²) in [4.78, 5) is 26.7. The van der Waals surface area contributed by atoms with E-state index in [1.165, 1.54) is 17.7 Å². The van der Waals surface area contributed by atoms with Crippen molar-refractivity contribution in [3.63, 3.8) is 0 Å². The lowest BCUT2D eigenvalue weighted by Crippen LogP contribution is -2.47. The summed E-state index contributed by atoms with van der Waals surface area (Å²) >= 11 is 1.69. The maximum Gasteiger partial charge on any atom is 0.242 e. The Hall–Kier alpha value is -2.34. The number of thioether (sulfide) groups is 1. The maximum atomic E-state index is 13.2. The smallest absolute Gasteiger partial charge is 0.242 e. The van der Waals surface area contributed by atoms with Gasteiger partial charge in [0, 0.05) is 31.0 Å². The van der Waals surface area contributed by atoms with E-state index in [0.717, 1.165) is 11.3 Å². The van der Waals surface area contributed by atoms with Gasteiger partial charge in [-0.1, -0.05) is 42.5 Å². The molecule has 2 aromatic rings. The van der Waals surface area contributed by atoms with Crippen molar-refractivity contribution in [2.75, 3.05) is 12.3 Å². The zero-order chi connectivity index (χ0) is 20.4. The number of carbonyl (C=O) groups excluding carboxylic acids is 2. The van der Waals surface area contributed by atoms with Crippen molar-refractivity contribution in [3.8, 4) is 0 Å². The molecule has 0 aliphatic rings. The second kappa shape index (κ2) is 11.5. The normalized spacial score (nSPS) is 11.7. The van der Waals surface area contributed by atoms with Crippen LogP contribution in [0.15, 0.2) is 54.6 Å². The van der Waals surface area contributed by atoms with Gasteiger partial charge in [0.1, 0.15) is 11.9 Å². The summed E-state index contributed by atoms with van der Waals surface area (Å²) in [6.07, 6.45) is 0.350. The van der Waals surface area contributed by atoms with Crippen LogP contribution in [-0.4, -0.2) is 35.1 Å². The van der Waals surface area contributed by atoms with Crippen molar-refractivity contribution in [2.24, 2.45) is 0 Å². The van der Waals surface area contributed by atoms with Crippen LogP contribution in [0.3, 0.4) is 0 Å². The minimum Gasteiger partial charge on any atom is -0.355 e. The van der Waals surface area contributed by atoms with E-state index in [1.54, 1.807) is 35.7 Å². The fourth-order valence-electron chi connectivity index (χ4n) is 2.76. The highest BCUT2D eigenvalue weighted by Crippen LogP contribution is 2.16. The molecular formula is C22H27FN2O2S. The fraction of sp³-hybridized carbons (Fsp3) is 0.364. The van der Waals surface area contributed by atoms with Crippen molar-refractivity contribution in [3.05, 3.63) is 71.5 Å². The summed E-state index contributed by atoms with van der Waals surface area (Å²) in [7, 11) is 0. The monoisotopic (exact) mass is 402 g/mol. The highest BCUT2D eigenvalue weighted by molar-refractivity contribution is 7.98. The number of hydrogen-bond acceptors (Lipinski definition) is 3. The van der Waals surface area contributed by atoms with Gasteiger partial charge in [0.15, 0.2) is 0 Å². The molecule has 1 unspecified atom stereocenters. The number of hydrogen-bond donors (Lipinski definition) is 1. The SMILES string of the molecule is CCNC(=O)C(C)N(Cc1ccc(F)cc1)C(=O)CCSCc1ccccc1. The zero-order valence-corrected chi connectivity index (χ0v) is 17.2. The summed E-state index contributed by atoms with van der Waals surface area (Å²) in [6, 6.07) is 15.5. The number of likely N-dealkylation sites (N-methyl/N-ethyl adjacent to an activating group) is 1. The lowest BCUT2D eigenvalue weighted by molar-refractivity contribution is -0.140. The number of amides is 2. The summed E-state index contributed by atoms with van der Waals surface area (Å²) in [5.74, 6) is 0.933. The second-order valence-electron chi connectivity index (χ2n) is 6.51. The predicted molar refractivity (Wildman–Crippen MR) is 112 cm³/mol. The van der Waals surface area contributed by atoms with E-state index in [9.17, 15) is 14.0 Å². The molecule has 2 amide bonds. The Balaban J connectivity index is 1.96. The van der Waals surface area contributed by atoms with Crippen LogP contribution in [0.4, 0.5) is 4.39 Å². The quantitative estimate of drug-likeness (QED) is 0.611. The Morgan fingerprint density at radius 3 is 2.39 bits per heavy atom. The van der Waals surface area contributed by atoms with Crippen LogP contribution in [0.1, 0.15) is 31.4 Å². The van der Waals surface area contributed by atoms with Gasteiger partial charge in [-0.05, 0) is 37.1 Å². The zero-order valence-electron chi connectivity index (χ0n) is 16.4. The first-order valence-corrected chi connectivity index (χ1v) is 10.6. The van der Waals surface area contributed by atoms with Crippen LogP contribution >= 0.6 is 11.8 Å². The molecule has 6 heteroatoms. The van der Waals surface area contributed by atoms with E-state index >= 15 is 0 Å². The Morgan fingerprint density at radius 1 is 1.07 bits per heavy atom. The third kappa shape index (κ3) is 7.00. The van der Waals surface area contributed by atoms with Gasteiger partial charge in [0.05, 0.1) is 0 Å². The van der Waals surface area contributed by atoms with Crippen LogP contribution in [-0.2, 0) is 21.9 Å². The second-order valence-corrected chi connectivity index (χ2v) is 7.61. The Labute approximate surface area is 170 Å². The van der Waals surface area contributed by atoms with Crippen LogP contribution in [0, 0.1) is 5.82 Å². The highest BCUT2D eigenvalue weighted by Gasteiger charge is 2.25. The third-order valence-corrected chi connectivity index (χ3v) is 5.39. The average molecular weight is 403 g/mol. The van der Waals surface area contributed by atoms with Crippen molar-refractivity contribution in [2.45, 2.75) is 38.6 Å². The van der Waals surface area contributed by atoms with Crippen molar-refractivity contribution in [1.29, 1.82) is 0 Å². The van der Waals surface area contributed by atoms with Gasteiger partial charge < -0.3 is 10.2 Å². The molecule has 2 aromatic carbocycles. The molecule has 0 aliphatic heterocycles. The number of halogens is 1. The van der Waals surface area contributed by atoms with Gasteiger partial charge in [0.2, 0.25) is 11.8 Å². The predicted octanol–water partition coefficient (Wildman–Crippen LogP) is 4.00. The van der Waals surface area contributed by atoms with Crippen molar-refractivity contribution >= 4 is 23.6 Å². The lowest BCUT2D eigenvalue weighted by Gasteiger charge is -2.28. The van der Waals surface area contributed by atoms with Crippen LogP contribution in [0.5, 0.6) is 0 Å². The number of rotatable bonds is 10. The number of nitrogens with one attached hydrogen (secondary N) is 1. The molecular weight excluding hydrogens is 375 g/mol. The molecule has 0 spiro atoms. The number of carbonyl (C=O) groups is 2. The van der Waals surface area contributed by atoms with Crippen LogP contribution < -0.4 is 5.32 Å². The molecule has 0 saturated carbocycles. The third-order valence-electron chi connectivity index (χ3n) is 4.36. The molecule has 28 heavy (non-hydrogen) atoms. The largest absolute Gasteiger partial charge is 0.355 e. The molecule has 1 N–H and O–H groups in total. The molecule has 0 saturated heterocycles. The van der Waals surface area contributed by atoms with E-state index in [1.807, 2.05) is 25.1 Å². The molecule has 0 aromatic heterocycles. The molecule has 0 bridgehead atoms. The summed E-state index contributed by atoms with van der Waals surface area (Å²) in [5, 5.41) is 2.77. The molecule has 0 radical (unpaired) electrons. The average Bonchev–Trinajstić information content (AvgIpc) is 2.71. The Morgan fingerprint density at radius 2 is 1.75 bits per heavy atom. The van der Waals surface area contributed by atoms with E-state index in [2.05, 4.69) is 17.4 Å². The summed E-state index contributed by atoms with van der Waals surface area (Å²) in [5.41, 5.74) is 2.02. The number of benzene rings is 2. The van der Waals surface area contributed by atoms with Gasteiger partial charge in [-0.2, -0.15) is 11.8 Å². The van der Waals surface area contributed by atoms with Crippen molar-refractivity contribution in [1.82, 2.24) is 10.2 Å². The topological polar surface area (TPSA) is 49.4 Å². The van der Waals surface area contributed by atoms with Crippen LogP contribution in [0.25, 0.3) is 0 Å². The number of nitrogens with zero attached hydrogens (tertiary/aromatic N) is 1. The molecule has 0 aliphatic carbocycles. The van der Waals surface area contributed by atoms with Gasteiger partial charge in [-0.25, -0.2) is 4.39 Å². The van der Waals surface area contributed by atoms with Gasteiger partial charge >= 0.3 is 0 Å². The Bertz CT molecular complexity index is 753. The van der Waals surface area contributed by atoms with Gasteiger partial charge in [0.25, 0.3) is 0 Å². The maximum absolute atomic E-state index is 13.2. The lowest BCUT2D eigenvalue weighted by atomic mass is 10.1. The minimum absolute atomic E-state index is 0.0800. The summed E-state index contributed by atoms with van der Waals surface area (Å²) in [6.45, 7) is 4.36. The van der Waals surface area contributed by atoms with Crippen molar-refractivity contribution < 1.29 is 14.0 Å². The first-order valence-electron chi connectivity index (χ1n) is 9.44. The molecule has 1 atom stereocenters. The molecule has 0 fully saturated rings. The molecule has 0 heterocycles. The molecule has 4 nitrogen and oxygen atoms in total. The fourth-order valence-corrected chi connectivity index (χ4v) is 3.65. The van der Waals surface area contributed by atoms with Gasteiger partial charge in [-0.15, -0.1) is 0 Å². The standard InChI is InChI=1S/C22H27FN2O2S/c1-3-24-22(27)17(2)25(15-18-9-11-20(23)12-10-18)21(26)13-14-28-16-19-7-5-4-6-8-19/h4-12,17H,3,13-16H2,1-2H3,(H,24,27). The van der Waals surface area contributed by atoms with E-state index in [4.69, 9.17) is 0 Å². The highest BCUT2D eigenvalue weighted by atomic mass is 32.2. The molecule has 2 rings (SSSR count). The van der Waals surface area contributed by atoms with Crippen LogP contribution in [0.2, 0.25) is 0 Å². The van der Waals surface area contributed by atoms with Gasteiger partial charge in [-0.3, -0.25) is 9.59 Å².